The Labute approximate surface area is 175 Å². The predicted octanol–water partition coefficient (Wildman–Crippen LogP) is 2.96. The van der Waals surface area contributed by atoms with Crippen LogP contribution in [0.15, 0.2) is 23.3 Å². The number of rotatable bonds is 7. The van der Waals surface area contributed by atoms with E-state index in [-0.39, 0.29) is 18.1 Å². The average molecular weight is 404 g/mol. The van der Waals surface area contributed by atoms with Gasteiger partial charge in [0, 0.05) is 32.9 Å². The number of carbonyl (C=O) groups excluding carboxylic acids is 1. The maximum absolute atomic E-state index is 11.9. The van der Waals surface area contributed by atoms with Gasteiger partial charge in [0.25, 0.3) is 0 Å². The monoisotopic (exact) mass is 403 g/mol. The molecule has 1 aliphatic rings. The van der Waals surface area contributed by atoms with Crippen LogP contribution in [-0.4, -0.2) is 54.5 Å². The van der Waals surface area contributed by atoms with Crippen molar-refractivity contribution in [1.29, 1.82) is 0 Å². The van der Waals surface area contributed by atoms with Crippen molar-refractivity contribution >= 4 is 11.9 Å². The molecule has 1 heterocycles. The molecule has 2 rings (SSSR count). The first-order chi connectivity index (χ1) is 13.7. The molecule has 1 aromatic rings. The zero-order chi connectivity index (χ0) is 21.3. The van der Waals surface area contributed by atoms with E-state index >= 15 is 0 Å². The Kier molecular flexibility index (Phi) is 8.73. The standard InChI is InChI=1S/C22H37N5O2/c1-22(2,3)29-19-12-11-18(14-23-19)15-25-21(26-16-20(28)27(4)5)24-13-17-9-7-6-8-10-17/h11-12,14,17H,6-10,13,15-16H2,1-5H3,(H2,24,25,26). The number of hydrogen-bond acceptors (Lipinski definition) is 4. The number of likely N-dealkylation sites (N-methyl/N-ethyl adjacent to an activating group) is 1. The van der Waals surface area contributed by atoms with Crippen LogP contribution in [0.25, 0.3) is 0 Å². The Morgan fingerprint density at radius 1 is 1.21 bits per heavy atom. The fourth-order valence-corrected chi connectivity index (χ4v) is 3.17. The van der Waals surface area contributed by atoms with E-state index in [2.05, 4.69) is 20.6 Å². The van der Waals surface area contributed by atoms with E-state index in [1.165, 1.54) is 32.1 Å². The molecule has 7 heteroatoms. The molecule has 2 N–H and O–H groups in total. The van der Waals surface area contributed by atoms with Gasteiger partial charge in [0.15, 0.2) is 5.96 Å². The van der Waals surface area contributed by atoms with Crippen molar-refractivity contribution < 1.29 is 9.53 Å². The van der Waals surface area contributed by atoms with Crippen LogP contribution >= 0.6 is 0 Å². The number of nitrogens with zero attached hydrogens (tertiary/aromatic N) is 3. The van der Waals surface area contributed by atoms with Crippen molar-refractivity contribution in [2.45, 2.75) is 65.0 Å². The van der Waals surface area contributed by atoms with Gasteiger partial charge in [-0.05, 0) is 45.1 Å². The third kappa shape index (κ3) is 9.15. The Morgan fingerprint density at radius 2 is 1.93 bits per heavy atom. The summed E-state index contributed by atoms with van der Waals surface area (Å²) in [5, 5.41) is 6.58. The van der Waals surface area contributed by atoms with Crippen LogP contribution in [0, 0.1) is 5.92 Å². The van der Waals surface area contributed by atoms with Crippen molar-refractivity contribution in [2.24, 2.45) is 10.9 Å². The maximum atomic E-state index is 11.9. The normalized spacial score (nSPS) is 15.7. The number of aromatic nitrogens is 1. The fourth-order valence-electron chi connectivity index (χ4n) is 3.17. The fraction of sp³-hybridized carbons (Fsp3) is 0.682. The lowest BCUT2D eigenvalue weighted by Gasteiger charge is -2.23. The Balaban J connectivity index is 1.95. The van der Waals surface area contributed by atoms with Crippen molar-refractivity contribution in [3.05, 3.63) is 23.9 Å². The summed E-state index contributed by atoms with van der Waals surface area (Å²) in [4.78, 5) is 22.5. The maximum Gasteiger partial charge on any atom is 0.241 e. The van der Waals surface area contributed by atoms with E-state index in [9.17, 15) is 4.79 Å². The van der Waals surface area contributed by atoms with Gasteiger partial charge < -0.3 is 20.3 Å². The van der Waals surface area contributed by atoms with Gasteiger partial charge in [-0.25, -0.2) is 9.98 Å². The molecule has 0 spiro atoms. The van der Waals surface area contributed by atoms with Crippen LogP contribution in [0.4, 0.5) is 0 Å². The summed E-state index contributed by atoms with van der Waals surface area (Å²) in [7, 11) is 3.51. The summed E-state index contributed by atoms with van der Waals surface area (Å²) in [6.45, 7) is 7.59. The average Bonchev–Trinajstić information content (AvgIpc) is 2.67. The van der Waals surface area contributed by atoms with Crippen molar-refractivity contribution in [2.75, 3.05) is 27.2 Å². The lowest BCUT2D eigenvalue weighted by atomic mass is 9.89. The highest BCUT2D eigenvalue weighted by Crippen LogP contribution is 2.22. The molecule has 29 heavy (non-hydrogen) atoms. The minimum Gasteiger partial charge on any atom is -0.472 e. The van der Waals surface area contributed by atoms with E-state index < -0.39 is 0 Å². The quantitative estimate of drug-likeness (QED) is 0.541. The van der Waals surface area contributed by atoms with E-state index in [1.807, 2.05) is 32.9 Å². The van der Waals surface area contributed by atoms with Gasteiger partial charge in [0.1, 0.15) is 5.60 Å². The second-order valence-electron chi connectivity index (χ2n) is 8.91. The molecule has 0 atom stereocenters. The second kappa shape index (κ2) is 11.0. The molecule has 1 fully saturated rings. The number of nitrogens with one attached hydrogen (secondary N) is 2. The van der Waals surface area contributed by atoms with E-state index in [0.29, 0.717) is 24.3 Å². The van der Waals surface area contributed by atoms with Gasteiger partial charge >= 0.3 is 0 Å². The first-order valence-electron chi connectivity index (χ1n) is 10.6. The number of aliphatic imine (C=N–C) groups is 1. The van der Waals surface area contributed by atoms with Crippen LogP contribution in [-0.2, 0) is 11.3 Å². The second-order valence-corrected chi connectivity index (χ2v) is 8.91. The number of carbonyl (C=O) groups is 1. The molecule has 7 nitrogen and oxygen atoms in total. The van der Waals surface area contributed by atoms with E-state index in [0.717, 1.165) is 12.1 Å². The largest absolute Gasteiger partial charge is 0.472 e. The van der Waals surface area contributed by atoms with Crippen LogP contribution in [0.3, 0.4) is 0 Å². The number of pyridine rings is 1. The minimum absolute atomic E-state index is 0.0162. The van der Waals surface area contributed by atoms with Crippen LogP contribution < -0.4 is 15.4 Å². The summed E-state index contributed by atoms with van der Waals surface area (Å²) >= 11 is 0. The van der Waals surface area contributed by atoms with E-state index in [4.69, 9.17) is 4.74 Å². The SMILES string of the molecule is CN(C)C(=O)CNC(=NCc1ccc(OC(C)(C)C)nc1)NCC1CCCCC1. The van der Waals surface area contributed by atoms with Crippen LogP contribution in [0.2, 0.25) is 0 Å². The molecule has 1 saturated carbocycles. The van der Waals surface area contributed by atoms with Gasteiger partial charge in [-0.15, -0.1) is 0 Å². The Bertz CT molecular complexity index is 659. The summed E-state index contributed by atoms with van der Waals surface area (Å²) in [5.41, 5.74) is 0.718. The highest BCUT2D eigenvalue weighted by molar-refractivity contribution is 5.86. The van der Waals surface area contributed by atoms with Gasteiger partial charge in [0.2, 0.25) is 11.8 Å². The van der Waals surface area contributed by atoms with Gasteiger partial charge in [-0.2, -0.15) is 0 Å². The molecular weight excluding hydrogens is 366 g/mol. The van der Waals surface area contributed by atoms with Gasteiger partial charge in [-0.3, -0.25) is 4.79 Å². The number of guanidine groups is 1. The highest BCUT2D eigenvalue weighted by atomic mass is 16.5. The van der Waals surface area contributed by atoms with Gasteiger partial charge in [-0.1, -0.05) is 25.3 Å². The molecule has 1 aliphatic carbocycles. The highest BCUT2D eigenvalue weighted by Gasteiger charge is 2.15. The van der Waals surface area contributed by atoms with Gasteiger partial charge in [0.05, 0.1) is 13.1 Å². The summed E-state index contributed by atoms with van der Waals surface area (Å²) in [6.07, 6.45) is 8.26. The van der Waals surface area contributed by atoms with E-state index in [1.54, 1.807) is 25.2 Å². The first kappa shape index (κ1) is 23.0. The molecule has 1 amide bonds. The Hall–Kier alpha value is -2.31. The van der Waals surface area contributed by atoms with Crippen molar-refractivity contribution in [3.63, 3.8) is 0 Å². The zero-order valence-electron chi connectivity index (χ0n) is 18.6. The predicted molar refractivity (Wildman–Crippen MR) is 117 cm³/mol. The number of ether oxygens (including phenoxy) is 1. The molecule has 162 valence electrons. The molecule has 0 radical (unpaired) electrons. The molecule has 0 bridgehead atoms. The summed E-state index contributed by atoms with van der Waals surface area (Å²) in [5.74, 6) is 1.97. The van der Waals surface area contributed by atoms with Crippen LogP contribution in [0.1, 0.15) is 58.4 Å². The molecule has 0 aromatic carbocycles. The van der Waals surface area contributed by atoms with Crippen LogP contribution in [0.5, 0.6) is 5.88 Å². The van der Waals surface area contributed by atoms with Crippen molar-refractivity contribution in [1.82, 2.24) is 20.5 Å². The third-order valence-electron chi connectivity index (χ3n) is 4.82. The lowest BCUT2D eigenvalue weighted by Crippen LogP contribution is -2.44. The summed E-state index contributed by atoms with van der Waals surface area (Å²) in [6, 6.07) is 3.84. The molecule has 0 aliphatic heterocycles. The third-order valence-corrected chi connectivity index (χ3v) is 4.82. The smallest absolute Gasteiger partial charge is 0.241 e. The zero-order valence-corrected chi connectivity index (χ0v) is 18.6. The minimum atomic E-state index is -0.272. The summed E-state index contributed by atoms with van der Waals surface area (Å²) < 4.78 is 5.76. The molecular formula is C22H37N5O2. The first-order valence-corrected chi connectivity index (χ1v) is 10.6. The molecule has 0 unspecified atom stereocenters. The number of amides is 1. The number of hydrogen-bond donors (Lipinski definition) is 2. The topological polar surface area (TPSA) is 78.9 Å². The Morgan fingerprint density at radius 3 is 2.52 bits per heavy atom. The lowest BCUT2D eigenvalue weighted by molar-refractivity contribution is -0.127. The van der Waals surface area contributed by atoms with Crippen molar-refractivity contribution in [3.8, 4) is 5.88 Å². The molecule has 1 aromatic heterocycles. The molecule has 0 saturated heterocycles.